The molecule has 0 aromatic heterocycles. The second-order valence-corrected chi connectivity index (χ2v) is 5.11. The maximum Gasteiger partial charge on any atom is 0.186 e. The number of benzene rings is 1. The van der Waals surface area contributed by atoms with Crippen LogP contribution in [-0.4, -0.2) is 23.9 Å². The van der Waals surface area contributed by atoms with Crippen LogP contribution in [0.25, 0.3) is 0 Å². The van der Waals surface area contributed by atoms with Crippen LogP contribution in [0.3, 0.4) is 0 Å². The van der Waals surface area contributed by atoms with Crippen LogP contribution in [0.5, 0.6) is 0 Å². The zero-order valence-corrected chi connectivity index (χ0v) is 11.1. The van der Waals surface area contributed by atoms with Crippen molar-refractivity contribution in [1.82, 2.24) is 4.90 Å². The summed E-state index contributed by atoms with van der Waals surface area (Å²) in [5.74, 6) is 0.142. The van der Waals surface area contributed by atoms with E-state index in [0.717, 1.165) is 12.1 Å². The van der Waals surface area contributed by atoms with Crippen molar-refractivity contribution < 1.29 is 0 Å². The zero-order valence-electron chi connectivity index (χ0n) is 8.99. The van der Waals surface area contributed by atoms with Gasteiger partial charge in [0.05, 0.1) is 6.54 Å². The first kappa shape index (κ1) is 11.7. The monoisotopic (exact) mass is 330 g/mol. The third kappa shape index (κ3) is 3.34. The largest absolute Gasteiger partial charge is 0.370 e. The lowest BCUT2D eigenvalue weighted by atomic mass is 10.1. The summed E-state index contributed by atoms with van der Waals surface area (Å²) in [6.07, 6.45) is 0. The molecule has 1 aliphatic heterocycles. The molecule has 0 radical (unpaired) electrons. The molecule has 0 saturated carbocycles. The lowest BCUT2D eigenvalue weighted by Crippen LogP contribution is -2.22. The van der Waals surface area contributed by atoms with Crippen molar-refractivity contribution in [2.45, 2.75) is 13.1 Å². The molecule has 0 aliphatic carbocycles. The maximum absolute atomic E-state index is 5.30. The summed E-state index contributed by atoms with van der Waals surface area (Å²) in [6.45, 7) is 4.07. The van der Waals surface area contributed by atoms with Gasteiger partial charge >= 0.3 is 0 Å². The smallest absolute Gasteiger partial charge is 0.186 e. The first-order valence-corrected chi connectivity index (χ1v) is 6.28. The van der Waals surface area contributed by atoms with E-state index in [0.29, 0.717) is 6.54 Å². The lowest BCUT2D eigenvalue weighted by Gasteiger charge is -2.06. The molecule has 0 amide bonds. The number of halogens is 1. The van der Waals surface area contributed by atoms with E-state index in [-0.39, 0.29) is 5.96 Å². The van der Waals surface area contributed by atoms with Gasteiger partial charge in [-0.3, -0.25) is 4.90 Å². The van der Waals surface area contributed by atoms with Crippen LogP contribution in [0.15, 0.2) is 23.2 Å². The summed E-state index contributed by atoms with van der Waals surface area (Å²) in [5, 5.41) is 0. The first-order valence-electron chi connectivity index (χ1n) is 5.20. The van der Waals surface area contributed by atoms with Crippen molar-refractivity contribution in [1.29, 1.82) is 0 Å². The molecule has 5 heteroatoms. The number of hydrogen-bond donors (Lipinski definition) is 2. The molecule has 4 nitrogen and oxygen atoms in total. The van der Waals surface area contributed by atoms with Gasteiger partial charge in [0.25, 0.3) is 0 Å². The van der Waals surface area contributed by atoms with Crippen LogP contribution in [-0.2, 0) is 13.1 Å². The molecule has 86 valence electrons. The Hall–Kier alpha value is -0.820. The van der Waals surface area contributed by atoms with Gasteiger partial charge in [0, 0.05) is 23.2 Å². The molecule has 1 saturated heterocycles. The molecule has 2 rings (SSSR count). The topological polar surface area (TPSA) is 67.4 Å². The Morgan fingerprint density at radius 1 is 1.38 bits per heavy atom. The molecule has 0 unspecified atom stereocenters. The van der Waals surface area contributed by atoms with Crippen LogP contribution in [0.1, 0.15) is 11.1 Å². The van der Waals surface area contributed by atoms with Crippen molar-refractivity contribution in [3.63, 3.8) is 0 Å². The Labute approximate surface area is 109 Å². The van der Waals surface area contributed by atoms with Gasteiger partial charge in [-0.25, -0.2) is 4.99 Å². The van der Waals surface area contributed by atoms with Crippen molar-refractivity contribution in [2.75, 3.05) is 13.1 Å². The van der Waals surface area contributed by atoms with Crippen molar-refractivity contribution in [3.05, 3.63) is 32.9 Å². The highest BCUT2D eigenvalue weighted by atomic mass is 127. The van der Waals surface area contributed by atoms with E-state index in [1.807, 2.05) is 0 Å². The molecule has 1 aromatic rings. The van der Waals surface area contributed by atoms with Crippen molar-refractivity contribution >= 4 is 28.6 Å². The van der Waals surface area contributed by atoms with Crippen LogP contribution in [0.2, 0.25) is 0 Å². The van der Waals surface area contributed by atoms with E-state index in [1.54, 1.807) is 0 Å². The van der Waals surface area contributed by atoms with E-state index in [9.17, 15) is 0 Å². The number of nitrogens with two attached hydrogens (primary N) is 2. The third-order valence-corrected chi connectivity index (χ3v) is 3.50. The Morgan fingerprint density at radius 3 is 2.69 bits per heavy atom. The number of nitrogens with zero attached hydrogens (tertiary/aromatic N) is 2. The standard InChI is InChI=1S/C11H15IN4/c12-10-5-8(6-15-11(13)14)1-2-9(10)7-16-3-4-16/h1-2,5H,3-4,6-7H2,(H4,13,14,15). The van der Waals surface area contributed by atoms with E-state index in [4.69, 9.17) is 11.5 Å². The van der Waals surface area contributed by atoms with Gasteiger partial charge in [-0.15, -0.1) is 0 Å². The summed E-state index contributed by atoms with van der Waals surface area (Å²) in [4.78, 5) is 6.39. The van der Waals surface area contributed by atoms with E-state index in [1.165, 1.54) is 22.2 Å². The van der Waals surface area contributed by atoms with Gasteiger partial charge < -0.3 is 11.5 Å². The molecule has 0 spiro atoms. The normalized spacial score (nSPS) is 14.8. The zero-order chi connectivity index (χ0) is 11.5. The molecule has 1 fully saturated rings. The Balaban J connectivity index is 2.05. The quantitative estimate of drug-likeness (QED) is 0.373. The third-order valence-electron chi connectivity index (χ3n) is 2.50. The number of guanidine groups is 1. The highest BCUT2D eigenvalue weighted by Gasteiger charge is 2.18. The van der Waals surface area contributed by atoms with Crippen LogP contribution in [0.4, 0.5) is 0 Å². The molecule has 0 atom stereocenters. The Bertz CT molecular complexity index is 408. The summed E-state index contributed by atoms with van der Waals surface area (Å²) in [6, 6.07) is 6.40. The lowest BCUT2D eigenvalue weighted by molar-refractivity contribution is 0.554. The molecule has 0 bridgehead atoms. The predicted molar refractivity (Wildman–Crippen MR) is 73.9 cm³/mol. The van der Waals surface area contributed by atoms with E-state index >= 15 is 0 Å². The highest BCUT2D eigenvalue weighted by Crippen LogP contribution is 2.19. The molecule has 1 aromatic carbocycles. The van der Waals surface area contributed by atoms with Gasteiger partial charge in [-0.2, -0.15) is 0 Å². The van der Waals surface area contributed by atoms with E-state index in [2.05, 4.69) is 50.7 Å². The van der Waals surface area contributed by atoms with Crippen LogP contribution < -0.4 is 11.5 Å². The maximum atomic E-state index is 5.30. The Morgan fingerprint density at radius 2 is 2.12 bits per heavy atom. The fourth-order valence-corrected chi connectivity index (χ4v) is 2.22. The molecule has 1 aliphatic rings. The van der Waals surface area contributed by atoms with Crippen LogP contribution >= 0.6 is 22.6 Å². The Kier molecular flexibility index (Phi) is 3.65. The number of rotatable bonds is 4. The van der Waals surface area contributed by atoms with Crippen molar-refractivity contribution in [2.24, 2.45) is 16.5 Å². The number of aliphatic imine (C=N–C) groups is 1. The molecule has 4 N–H and O–H groups in total. The van der Waals surface area contributed by atoms with Gasteiger partial charge in [0.15, 0.2) is 5.96 Å². The molecular weight excluding hydrogens is 315 g/mol. The predicted octanol–water partition coefficient (Wildman–Crippen LogP) is 0.880. The van der Waals surface area contributed by atoms with E-state index < -0.39 is 0 Å². The second-order valence-electron chi connectivity index (χ2n) is 3.94. The summed E-state index contributed by atoms with van der Waals surface area (Å²) < 4.78 is 1.28. The minimum Gasteiger partial charge on any atom is -0.370 e. The number of hydrogen-bond acceptors (Lipinski definition) is 2. The fourth-order valence-electron chi connectivity index (χ4n) is 1.47. The van der Waals surface area contributed by atoms with Gasteiger partial charge in [-0.1, -0.05) is 12.1 Å². The average molecular weight is 330 g/mol. The second kappa shape index (κ2) is 5.01. The molecule has 1 heterocycles. The molecular formula is C11H15IN4. The van der Waals surface area contributed by atoms with Crippen molar-refractivity contribution in [3.8, 4) is 0 Å². The van der Waals surface area contributed by atoms with Crippen LogP contribution in [0, 0.1) is 3.57 Å². The highest BCUT2D eigenvalue weighted by molar-refractivity contribution is 14.1. The summed E-state index contributed by atoms with van der Waals surface area (Å²) in [7, 11) is 0. The fraction of sp³-hybridized carbons (Fsp3) is 0.364. The minimum atomic E-state index is 0.142. The summed E-state index contributed by atoms with van der Waals surface area (Å²) in [5.41, 5.74) is 13.1. The minimum absolute atomic E-state index is 0.142. The van der Waals surface area contributed by atoms with Gasteiger partial charge in [-0.05, 0) is 39.8 Å². The summed E-state index contributed by atoms with van der Waals surface area (Å²) >= 11 is 2.37. The van der Waals surface area contributed by atoms with Gasteiger partial charge in [0.2, 0.25) is 0 Å². The first-order chi connectivity index (χ1) is 7.65. The SMILES string of the molecule is NC(N)=NCc1ccc(CN2CC2)c(I)c1. The molecule has 16 heavy (non-hydrogen) atoms. The van der Waals surface area contributed by atoms with Gasteiger partial charge in [0.1, 0.15) is 0 Å². The average Bonchev–Trinajstić information content (AvgIpc) is 3.02.